The normalized spacial score (nSPS) is 16.3. The van der Waals surface area contributed by atoms with E-state index in [0.29, 0.717) is 0 Å². The van der Waals surface area contributed by atoms with Gasteiger partial charge in [0.15, 0.2) is 5.78 Å². The Kier molecular flexibility index (Phi) is 5.46. The molecule has 3 heteroatoms. The molecule has 4 aromatic rings. The number of Topliss-reactive ketones (excluding diaryl/α,β-unsaturated/α-hetero) is 1. The molecule has 0 aliphatic heterocycles. The highest BCUT2D eigenvalue weighted by Crippen LogP contribution is 2.61. The fourth-order valence-electron chi connectivity index (χ4n) is 5.40. The van der Waals surface area contributed by atoms with Crippen molar-refractivity contribution in [3.8, 4) is 0 Å². The van der Waals surface area contributed by atoms with Crippen LogP contribution in [0.1, 0.15) is 22.3 Å². The molecule has 0 saturated heterocycles. The Balaban J connectivity index is 1.87. The molecule has 1 aliphatic carbocycles. The van der Waals surface area contributed by atoms with Crippen LogP contribution < -0.4 is 0 Å². The van der Waals surface area contributed by atoms with Gasteiger partial charge in [-0.05, 0) is 22.3 Å². The van der Waals surface area contributed by atoms with Gasteiger partial charge in [-0.25, -0.2) is 4.79 Å². The van der Waals surface area contributed by atoms with Crippen molar-refractivity contribution < 1.29 is 14.3 Å². The summed E-state index contributed by atoms with van der Waals surface area (Å²) in [6.45, 7) is 3.62. The predicted molar refractivity (Wildman–Crippen MR) is 132 cm³/mol. The molecule has 0 bridgehead atoms. The summed E-state index contributed by atoms with van der Waals surface area (Å²) in [7, 11) is 0. The molecule has 1 fully saturated rings. The number of ketones is 1. The number of benzene rings is 4. The average Bonchev–Trinajstić information content (AvgIpc) is 2.91. The molecule has 0 amide bonds. The van der Waals surface area contributed by atoms with E-state index in [1.54, 1.807) is 0 Å². The second-order valence-electron chi connectivity index (χ2n) is 8.43. The van der Waals surface area contributed by atoms with Crippen LogP contribution in [0.2, 0.25) is 0 Å². The van der Waals surface area contributed by atoms with Crippen LogP contribution in [0, 0.1) is 0 Å². The molecule has 1 saturated carbocycles. The van der Waals surface area contributed by atoms with Gasteiger partial charge >= 0.3 is 5.97 Å². The molecule has 0 radical (unpaired) electrons. The molecular formula is C31H24O3. The van der Waals surface area contributed by atoms with Gasteiger partial charge < -0.3 is 4.74 Å². The Bertz CT molecular complexity index is 1140. The summed E-state index contributed by atoms with van der Waals surface area (Å²) in [6, 6.07) is 38.4. The number of carbonyl (C=O) groups is 2. The first kappa shape index (κ1) is 21.6. The highest BCUT2D eigenvalue weighted by Gasteiger charge is 2.75. The van der Waals surface area contributed by atoms with E-state index in [4.69, 9.17) is 4.74 Å². The molecule has 4 aromatic carbocycles. The summed E-state index contributed by atoms with van der Waals surface area (Å²) >= 11 is 0. The van der Waals surface area contributed by atoms with E-state index in [9.17, 15) is 9.59 Å². The minimum Gasteiger partial charge on any atom is -0.456 e. The van der Waals surface area contributed by atoms with Crippen LogP contribution in [0.3, 0.4) is 0 Å². The maximum Gasteiger partial charge on any atom is 0.330 e. The summed E-state index contributed by atoms with van der Waals surface area (Å²) in [6.07, 6.45) is 0.331. The summed E-state index contributed by atoms with van der Waals surface area (Å²) < 4.78 is 6.18. The number of carbonyl (C=O) groups excluding carboxylic acids is 2. The lowest BCUT2D eigenvalue weighted by atomic mass is 9.41. The molecule has 0 unspecified atom stereocenters. The molecule has 166 valence electrons. The summed E-state index contributed by atoms with van der Waals surface area (Å²) in [5.74, 6) is -0.596. The molecule has 0 heterocycles. The first-order valence-electron chi connectivity index (χ1n) is 11.3. The lowest BCUT2D eigenvalue weighted by Crippen LogP contribution is -2.76. The van der Waals surface area contributed by atoms with Crippen molar-refractivity contribution >= 4 is 11.8 Å². The standard InChI is InChI=1S/C31H24O3/c1-2-27(32)34-29-30(23-15-7-3-8-16-23,24-17-9-4-10-18-24)28(33)31(29,25-19-11-5-12-20-25)26-21-13-6-14-22-26/h2-22,29H,1H2. The van der Waals surface area contributed by atoms with Gasteiger partial charge in [0.2, 0.25) is 0 Å². The van der Waals surface area contributed by atoms with Crippen LogP contribution >= 0.6 is 0 Å². The minimum absolute atomic E-state index is 0.0309. The topological polar surface area (TPSA) is 43.4 Å². The summed E-state index contributed by atoms with van der Waals surface area (Å²) in [4.78, 5) is 27.6. The Hall–Kier alpha value is -4.24. The van der Waals surface area contributed by atoms with Crippen LogP contribution in [0.25, 0.3) is 0 Å². The lowest BCUT2D eigenvalue weighted by molar-refractivity contribution is -0.171. The van der Waals surface area contributed by atoms with Crippen LogP contribution in [0.4, 0.5) is 0 Å². The molecule has 3 nitrogen and oxygen atoms in total. The fourth-order valence-corrected chi connectivity index (χ4v) is 5.40. The van der Waals surface area contributed by atoms with E-state index >= 15 is 0 Å². The molecule has 0 aromatic heterocycles. The maximum absolute atomic E-state index is 14.9. The molecule has 34 heavy (non-hydrogen) atoms. The Morgan fingerprint density at radius 2 is 0.912 bits per heavy atom. The number of hydrogen-bond acceptors (Lipinski definition) is 3. The molecular weight excluding hydrogens is 420 g/mol. The SMILES string of the molecule is C=CC(=O)OC1C(c2ccccc2)(c2ccccc2)C(=O)C1(c1ccccc1)c1ccccc1. The third-order valence-corrected chi connectivity index (χ3v) is 6.82. The van der Waals surface area contributed by atoms with Crippen molar-refractivity contribution in [1.82, 2.24) is 0 Å². The minimum atomic E-state index is -1.17. The van der Waals surface area contributed by atoms with E-state index in [2.05, 4.69) is 6.58 Å². The second-order valence-corrected chi connectivity index (χ2v) is 8.43. The van der Waals surface area contributed by atoms with Crippen molar-refractivity contribution in [1.29, 1.82) is 0 Å². The van der Waals surface area contributed by atoms with Gasteiger partial charge in [0.05, 0.1) is 0 Å². The van der Waals surface area contributed by atoms with Gasteiger partial charge in [-0.15, -0.1) is 0 Å². The second kappa shape index (κ2) is 8.60. The Morgan fingerprint density at radius 1 is 0.618 bits per heavy atom. The molecule has 5 rings (SSSR count). The Labute approximate surface area is 199 Å². The van der Waals surface area contributed by atoms with Crippen molar-refractivity contribution in [3.05, 3.63) is 156 Å². The van der Waals surface area contributed by atoms with Crippen molar-refractivity contribution in [3.63, 3.8) is 0 Å². The van der Waals surface area contributed by atoms with Crippen molar-refractivity contribution in [2.75, 3.05) is 0 Å². The smallest absolute Gasteiger partial charge is 0.330 e. The zero-order valence-electron chi connectivity index (χ0n) is 18.6. The zero-order valence-corrected chi connectivity index (χ0v) is 18.6. The zero-order chi connectivity index (χ0) is 23.6. The highest BCUT2D eigenvalue weighted by molar-refractivity contribution is 6.13. The summed E-state index contributed by atoms with van der Waals surface area (Å²) in [5, 5.41) is 0. The number of hydrogen-bond donors (Lipinski definition) is 0. The maximum atomic E-state index is 14.9. The van der Waals surface area contributed by atoms with Gasteiger partial charge in [0.1, 0.15) is 16.9 Å². The van der Waals surface area contributed by atoms with Crippen LogP contribution in [-0.4, -0.2) is 17.9 Å². The first-order valence-corrected chi connectivity index (χ1v) is 11.3. The highest BCUT2D eigenvalue weighted by atomic mass is 16.5. The Morgan fingerprint density at radius 3 is 1.18 bits per heavy atom. The van der Waals surface area contributed by atoms with Crippen molar-refractivity contribution in [2.24, 2.45) is 0 Å². The monoisotopic (exact) mass is 444 g/mol. The van der Waals surface area contributed by atoms with E-state index in [1.807, 2.05) is 121 Å². The number of rotatable bonds is 6. The van der Waals surface area contributed by atoms with E-state index in [0.717, 1.165) is 28.3 Å². The largest absolute Gasteiger partial charge is 0.456 e. The van der Waals surface area contributed by atoms with Gasteiger partial charge in [-0.3, -0.25) is 4.79 Å². The molecule has 0 N–H and O–H groups in total. The van der Waals surface area contributed by atoms with E-state index in [1.165, 1.54) is 0 Å². The third kappa shape index (κ3) is 2.97. The summed E-state index contributed by atoms with van der Waals surface area (Å²) in [5.41, 5.74) is 0.803. The molecule has 1 aliphatic rings. The number of esters is 1. The van der Waals surface area contributed by atoms with Crippen LogP contribution in [0.5, 0.6) is 0 Å². The van der Waals surface area contributed by atoms with E-state index < -0.39 is 22.9 Å². The quantitative estimate of drug-likeness (QED) is 0.286. The average molecular weight is 445 g/mol. The van der Waals surface area contributed by atoms with Crippen molar-refractivity contribution in [2.45, 2.75) is 16.9 Å². The van der Waals surface area contributed by atoms with Crippen LogP contribution in [0.15, 0.2) is 134 Å². The van der Waals surface area contributed by atoms with Crippen LogP contribution in [-0.2, 0) is 25.2 Å². The predicted octanol–water partition coefficient (Wildman–Crippen LogP) is 5.64. The number of ether oxygens (including phenoxy) is 1. The fraction of sp³-hybridized carbons (Fsp3) is 0.0968. The van der Waals surface area contributed by atoms with E-state index in [-0.39, 0.29) is 5.78 Å². The van der Waals surface area contributed by atoms with Gasteiger partial charge in [0, 0.05) is 6.08 Å². The lowest BCUT2D eigenvalue weighted by Gasteiger charge is -2.60. The van der Waals surface area contributed by atoms with Gasteiger partial charge in [-0.2, -0.15) is 0 Å². The van der Waals surface area contributed by atoms with Gasteiger partial charge in [-0.1, -0.05) is 128 Å². The molecule has 0 atom stereocenters. The first-order chi connectivity index (χ1) is 16.7. The molecule has 0 spiro atoms. The third-order valence-electron chi connectivity index (χ3n) is 6.82. The van der Waals surface area contributed by atoms with Gasteiger partial charge in [0.25, 0.3) is 0 Å².